The van der Waals surface area contributed by atoms with Gasteiger partial charge in [-0.2, -0.15) is 0 Å². The summed E-state index contributed by atoms with van der Waals surface area (Å²) in [6.07, 6.45) is 1.83. The second-order valence-corrected chi connectivity index (χ2v) is 6.03. The molecule has 0 radical (unpaired) electrons. The van der Waals surface area contributed by atoms with Crippen molar-refractivity contribution >= 4 is 33.3 Å². The van der Waals surface area contributed by atoms with Gasteiger partial charge in [-0.1, -0.05) is 30.3 Å². The van der Waals surface area contributed by atoms with Crippen LogP contribution in [0.2, 0.25) is 0 Å². The van der Waals surface area contributed by atoms with E-state index in [0.29, 0.717) is 17.7 Å². The van der Waals surface area contributed by atoms with Crippen LogP contribution in [0.3, 0.4) is 0 Å². The van der Waals surface area contributed by atoms with Crippen molar-refractivity contribution in [2.45, 2.75) is 19.9 Å². The molecule has 0 spiro atoms. The van der Waals surface area contributed by atoms with Gasteiger partial charge in [-0.15, -0.1) is 11.3 Å². The fraction of sp³-hybridized carbons (Fsp3) is 0.176. The molecule has 3 aromatic rings. The third-order valence-corrected chi connectivity index (χ3v) is 4.75. The van der Waals surface area contributed by atoms with Crippen LogP contribution in [0.1, 0.15) is 27.9 Å². The number of thiophene rings is 1. The Morgan fingerprint density at radius 3 is 2.64 bits per heavy atom. The standard InChI is InChI=1S/C17H15NO3S/c1-11-10-22-17-15(11)13(9-18(17)8-7-14(19)20)16(21)12-5-3-2-4-6-12/h2-6,9-10H,7-8H2,1H3,(H,19,20). The van der Waals surface area contributed by atoms with E-state index in [1.807, 2.05) is 35.1 Å². The van der Waals surface area contributed by atoms with Crippen molar-refractivity contribution in [2.24, 2.45) is 0 Å². The molecule has 4 nitrogen and oxygen atoms in total. The first-order valence-electron chi connectivity index (χ1n) is 6.96. The van der Waals surface area contributed by atoms with Gasteiger partial charge in [0, 0.05) is 29.3 Å². The number of carboxylic acid groups (broad SMARTS) is 1. The van der Waals surface area contributed by atoms with Gasteiger partial charge in [0.05, 0.1) is 6.42 Å². The maximum absolute atomic E-state index is 12.7. The smallest absolute Gasteiger partial charge is 0.305 e. The predicted molar refractivity (Wildman–Crippen MR) is 86.7 cm³/mol. The lowest BCUT2D eigenvalue weighted by Crippen LogP contribution is -2.04. The molecule has 112 valence electrons. The van der Waals surface area contributed by atoms with E-state index in [1.54, 1.807) is 29.7 Å². The lowest BCUT2D eigenvalue weighted by Gasteiger charge is -2.00. The van der Waals surface area contributed by atoms with Crippen molar-refractivity contribution in [2.75, 3.05) is 0 Å². The van der Waals surface area contributed by atoms with Crippen molar-refractivity contribution in [3.05, 3.63) is 58.6 Å². The summed E-state index contributed by atoms with van der Waals surface area (Å²) in [5, 5.41) is 11.8. The Morgan fingerprint density at radius 2 is 1.95 bits per heavy atom. The molecular weight excluding hydrogens is 298 g/mol. The van der Waals surface area contributed by atoms with E-state index < -0.39 is 5.97 Å². The Hall–Kier alpha value is -2.40. The summed E-state index contributed by atoms with van der Waals surface area (Å²) in [6, 6.07) is 9.15. The average Bonchev–Trinajstić information content (AvgIpc) is 3.07. The number of carbonyl (C=O) groups is 2. The van der Waals surface area contributed by atoms with Crippen LogP contribution in [0.25, 0.3) is 10.2 Å². The molecule has 0 unspecified atom stereocenters. The fourth-order valence-electron chi connectivity index (χ4n) is 2.55. The summed E-state index contributed by atoms with van der Waals surface area (Å²) in [6.45, 7) is 2.34. The molecule has 5 heteroatoms. The number of rotatable bonds is 5. The van der Waals surface area contributed by atoms with Gasteiger partial charge in [0.15, 0.2) is 5.78 Å². The SMILES string of the molecule is Cc1csc2c1c(C(=O)c1ccccc1)cn2CCC(=O)O. The highest BCUT2D eigenvalue weighted by Gasteiger charge is 2.19. The number of carbonyl (C=O) groups excluding carboxylic acids is 1. The molecule has 0 fully saturated rings. The second-order valence-electron chi connectivity index (χ2n) is 5.17. The number of benzene rings is 1. The Balaban J connectivity index is 2.07. The number of carboxylic acids is 1. The molecule has 0 saturated heterocycles. The summed E-state index contributed by atoms with van der Waals surface area (Å²) >= 11 is 1.54. The first-order chi connectivity index (χ1) is 10.6. The molecule has 0 atom stereocenters. The normalized spacial score (nSPS) is 11.0. The number of hydrogen-bond donors (Lipinski definition) is 1. The molecule has 22 heavy (non-hydrogen) atoms. The van der Waals surface area contributed by atoms with Gasteiger partial charge in [-0.25, -0.2) is 0 Å². The van der Waals surface area contributed by atoms with Crippen LogP contribution in [-0.4, -0.2) is 21.4 Å². The lowest BCUT2D eigenvalue weighted by atomic mass is 10.0. The number of aromatic nitrogens is 1. The first kappa shape index (κ1) is 14.5. The minimum absolute atomic E-state index is 0.0267. The van der Waals surface area contributed by atoms with Crippen molar-refractivity contribution in [1.29, 1.82) is 0 Å². The summed E-state index contributed by atoms with van der Waals surface area (Å²) in [5.41, 5.74) is 2.34. The molecular formula is C17H15NO3S. The van der Waals surface area contributed by atoms with Crippen LogP contribution in [0.15, 0.2) is 41.9 Å². The van der Waals surface area contributed by atoms with Crippen LogP contribution >= 0.6 is 11.3 Å². The molecule has 1 N–H and O–H groups in total. The van der Waals surface area contributed by atoms with Crippen molar-refractivity contribution in [3.63, 3.8) is 0 Å². The van der Waals surface area contributed by atoms with Gasteiger partial charge >= 0.3 is 5.97 Å². The summed E-state index contributed by atoms with van der Waals surface area (Å²) < 4.78 is 1.87. The molecule has 3 rings (SSSR count). The lowest BCUT2D eigenvalue weighted by molar-refractivity contribution is -0.137. The molecule has 0 aliphatic heterocycles. The zero-order valence-corrected chi connectivity index (χ0v) is 12.9. The zero-order chi connectivity index (χ0) is 15.7. The number of nitrogens with zero attached hydrogens (tertiary/aromatic N) is 1. The third kappa shape index (κ3) is 2.55. The number of aliphatic carboxylic acids is 1. The van der Waals surface area contributed by atoms with E-state index in [-0.39, 0.29) is 12.2 Å². The summed E-state index contributed by atoms with van der Waals surface area (Å²) in [7, 11) is 0. The minimum atomic E-state index is -0.842. The number of hydrogen-bond acceptors (Lipinski definition) is 3. The van der Waals surface area contributed by atoms with Crippen LogP contribution in [0.4, 0.5) is 0 Å². The van der Waals surface area contributed by atoms with E-state index >= 15 is 0 Å². The van der Waals surface area contributed by atoms with E-state index in [1.165, 1.54) is 0 Å². The van der Waals surface area contributed by atoms with Crippen molar-refractivity contribution in [1.82, 2.24) is 4.57 Å². The molecule has 2 heterocycles. The number of aryl methyl sites for hydroxylation is 2. The van der Waals surface area contributed by atoms with Gasteiger partial charge in [0.2, 0.25) is 0 Å². The van der Waals surface area contributed by atoms with Crippen LogP contribution in [0.5, 0.6) is 0 Å². The van der Waals surface area contributed by atoms with Crippen LogP contribution in [0, 0.1) is 6.92 Å². The minimum Gasteiger partial charge on any atom is -0.481 e. The third-order valence-electron chi connectivity index (χ3n) is 3.62. The summed E-state index contributed by atoms with van der Waals surface area (Å²) in [5.74, 6) is -0.868. The van der Waals surface area contributed by atoms with Gasteiger partial charge in [-0.3, -0.25) is 9.59 Å². The largest absolute Gasteiger partial charge is 0.481 e. The van der Waals surface area contributed by atoms with Gasteiger partial charge in [0.1, 0.15) is 4.83 Å². The van der Waals surface area contributed by atoms with Gasteiger partial charge in [0.25, 0.3) is 0 Å². The maximum Gasteiger partial charge on any atom is 0.305 e. The summed E-state index contributed by atoms with van der Waals surface area (Å²) in [4.78, 5) is 24.5. The van der Waals surface area contributed by atoms with E-state index in [9.17, 15) is 9.59 Å². The van der Waals surface area contributed by atoms with Gasteiger partial charge < -0.3 is 9.67 Å². The Morgan fingerprint density at radius 1 is 1.23 bits per heavy atom. The zero-order valence-electron chi connectivity index (χ0n) is 12.1. The van der Waals surface area contributed by atoms with Crippen molar-refractivity contribution < 1.29 is 14.7 Å². The number of ketones is 1. The van der Waals surface area contributed by atoms with Gasteiger partial charge in [-0.05, 0) is 17.9 Å². The highest BCUT2D eigenvalue weighted by Crippen LogP contribution is 2.32. The molecule has 2 aromatic heterocycles. The average molecular weight is 313 g/mol. The quantitative estimate of drug-likeness (QED) is 0.730. The number of fused-ring (bicyclic) bond motifs is 1. The molecule has 0 aliphatic carbocycles. The fourth-order valence-corrected chi connectivity index (χ4v) is 3.62. The predicted octanol–water partition coefficient (Wildman–Crippen LogP) is 3.72. The molecule has 0 aliphatic rings. The monoisotopic (exact) mass is 313 g/mol. The van der Waals surface area contributed by atoms with Crippen LogP contribution in [-0.2, 0) is 11.3 Å². The maximum atomic E-state index is 12.7. The molecule has 0 amide bonds. The second kappa shape index (κ2) is 5.77. The van der Waals surface area contributed by atoms with E-state index in [2.05, 4.69) is 0 Å². The Labute approximate surface area is 131 Å². The van der Waals surface area contributed by atoms with E-state index in [0.717, 1.165) is 15.8 Å². The molecule has 0 saturated carbocycles. The topological polar surface area (TPSA) is 59.3 Å². The highest BCUT2D eigenvalue weighted by atomic mass is 32.1. The van der Waals surface area contributed by atoms with Crippen LogP contribution < -0.4 is 0 Å². The Bertz CT molecular complexity index is 846. The molecule has 1 aromatic carbocycles. The first-order valence-corrected chi connectivity index (χ1v) is 7.84. The highest BCUT2D eigenvalue weighted by molar-refractivity contribution is 7.17. The Kier molecular flexibility index (Phi) is 3.81. The molecule has 0 bridgehead atoms. The van der Waals surface area contributed by atoms with E-state index in [4.69, 9.17) is 5.11 Å². The van der Waals surface area contributed by atoms with Crippen molar-refractivity contribution in [3.8, 4) is 0 Å².